The Labute approximate surface area is 177 Å². The van der Waals surface area contributed by atoms with Gasteiger partial charge < -0.3 is 4.98 Å². The molecule has 0 radical (unpaired) electrons. The van der Waals surface area contributed by atoms with Crippen LogP contribution in [-0.4, -0.2) is 26.1 Å². The van der Waals surface area contributed by atoms with E-state index in [2.05, 4.69) is 9.97 Å². The normalized spacial score (nSPS) is 11.2. The maximum atomic E-state index is 13.2. The second-order valence-electron chi connectivity index (χ2n) is 7.48. The van der Waals surface area contributed by atoms with E-state index >= 15 is 0 Å². The zero-order valence-electron chi connectivity index (χ0n) is 17.2. The maximum Gasteiger partial charge on any atom is 0.263 e. The predicted octanol–water partition coefficient (Wildman–Crippen LogP) is 4.46. The van der Waals surface area contributed by atoms with Crippen LogP contribution in [0.25, 0.3) is 21.3 Å². The fourth-order valence-corrected chi connectivity index (χ4v) is 4.72. The summed E-state index contributed by atoms with van der Waals surface area (Å²) in [4.78, 5) is 46.0. The molecule has 3 aromatic heterocycles. The molecule has 0 bridgehead atoms. The molecule has 7 heteroatoms. The summed E-state index contributed by atoms with van der Waals surface area (Å²) in [6.07, 6.45) is 1.41. The van der Waals surface area contributed by atoms with Crippen LogP contribution in [0.1, 0.15) is 44.6 Å². The molecule has 0 aliphatic carbocycles. The Morgan fingerprint density at radius 1 is 1.13 bits per heavy atom. The monoisotopic (exact) mass is 419 g/mol. The number of nitrogens with zero attached hydrogens (tertiary/aromatic N) is 2. The summed E-state index contributed by atoms with van der Waals surface area (Å²) in [5, 5.41) is 2.44. The van der Waals surface area contributed by atoms with Gasteiger partial charge in [0.25, 0.3) is 5.56 Å². The van der Waals surface area contributed by atoms with Crippen LogP contribution in [0.15, 0.2) is 40.8 Å². The van der Waals surface area contributed by atoms with Crippen molar-refractivity contribution in [3.63, 3.8) is 0 Å². The van der Waals surface area contributed by atoms with E-state index in [1.807, 2.05) is 36.6 Å². The highest BCUT2D eigenvalue weighted by Gasteiger charge is 2.21. The number of aryl methyl sites for hydroxylation is 2. The molecular weight excluding hydrogens is 398 g/mol. The number of Topliss-reactive ketones (excluding diaryl/α,β-unsaturated/α-hetero) is 2. The Morgan fingerprint density at radius 3 is 2.47 bits per heavy atom. The molecule has 1 aromatic carbocycles. The first-order valence-corrected chi connectivity index (χ1v) is 10.4. The molecule has 3 heterocycles. The molecule has 30 heavy (non-hydrogen) atoms. The summed E-state index contributed by atoms with van der Waals surface area (Å²) in [5.74, 6) is -0.361. The van der Waals surface area contributed by atoms with E-state index in [0.717, 1.165) is 16.7 Å². The highest BCUT2D eigenvalue weighted by molar-refractivity contribution is 7.17. The van der Waals surface area contributed by atoms with Gasteiger partial charge >= 0.3 is 0 Å². The lowest BCUT2D eigenvalue weighted by atomic mass is 10.0. The maximum absolute atomic E-state index is 13.2. The van der Waals surface area contributed by atoms with Crippen molar-refractivity contribution in [3.05, 3.63) is 74.4 Å². The minimum Gasteiger partial charge on any atom is -0.355 e. The number of benzene rings is 1. The number of rotatable bonds is 5. The molecule has 0 spiro atoms. The van der Waals surface area contributed by atoms with Crippen LogP contribution in [0, 0.1) is 20.8 Å². The van der Waals surface area contributed by atoms with Crippen molar-refractivity contribution < 1.29 is 9.59 Å². The predicted molar refractivity (Wildman–Crippen MR) is 119 cm³/mol. The molecule has 0 saturated carbocycles. The van der Waals surface area contributed by atoms with Crippen molar-refractivity contribution >= 4 is 33.1 Å². The van der Waals surface area contributed by atoms with Crippen LogP contribution in [0.4, 0.5) is 0 Å². The summed E-state index contributed by atoms with van der Waals surface area (Å²) in [5.41, 5.74) is 4.80. The lowest BCUT2D eigenvalue weighted by molar-refractivity contribution is 0.0965. The standard InChI is InChI=1S/C23H21N3O3S/c1-12-5-7-16(8-6-12)17-10-30-22-20(17)23(29)26(11-24-22)9-18(28)21-13(2)19(15(4)27)14(3)25-21/h5-8,10-11,25H,9H2,1-4H3. The SMILES string of the molecule is CC(=O)c1c(C)[nH]c(C(=O)Cn2cnc3scc(-c4ccc(C)cc4)c3c2=O)c1C. The first-order chi connectivity index (χ1) is 14.3. The first kappa shape index (κ1) is 20.0. The van der Waals surface area contributed by atoms with Crippen LogP contribution in [0.2, 0.25) is 0 Å². The second kappa shape index (κ2) is 7.50. The number of nitrogens with one attached hydrogen (secondary N) is 1. The van der Waals surface area contributed by atoms with Gasteiger partial charge in [0.05, 0.1) is 24.0 Å². The van der Waals surface area contributed by atoms with E-state index in [-0.39, 0.29) is 23.7 Å². The number of carbonyl (C=O) groups excluding carboxylic acids is 2. The highest BCUT2D eigenvalue weighted by Crippen LogP contribution is 2.30. The fraction of sp³-hybridized carbons (Fsp3) is 0.217. The van der Waals surface area contributed by atoms with E-state index in [4.69, 9.17) is 0 Å². The van der Waals surface area contributed by atoms with Gasteiger partial charge in [0, 0.05) is 22.2 Å². The third kappa shape index (κ3) is 3.31. The minimum atomic E-state index is -0.265. The number of thiophene rings is 1. The zero-order chi connectivity index (χ0) is 21.6. The van der Waals surface area contributed by atoms with Gasteiger partial charge in [0.15, 0.2) is 11.6 Å². The van der Waals surface area contributed by atoms with Crippen molar-refractivity contribution in [1.82, 2.24) is 14.5 Å². The molecule has 0 aliphatic rings. The van der Waals surface area contributed by atoms with Gasteiger partial charge in [-0.3, -0.25) is 19.0 Å². The van der Waals surface area contributed by atoms with Crippen LogP contribution in [0.3, 0.4) is 0 Å². The molecule has 0 unspecified atom stereocenters. The quantitative estimate of drug-likeness (QED) is 0.484. The van der Waals surface area contributed by atoms with Crippen LogP contribution in [-0.2, 0) is 6.54 Å². The Hall–Kier alpha value is -3.32. The van der Waals surface area contributed by atoms with Gasteiger partial charge in [-0.2, -0.15) is 0 Å². The van der Waals surface area contributed by atoms with E-state index in [9.17, 15) is 14.4 Å². The molecule has 152 valence electrons. The molecule has 0 fully saturated rings. The first-order valence-electron chi connectivity index (χ1n) is 9.55. The molecule has 0 aliphatic heterocycles. The lowest BCUT2D eigenvalue weighted by Gasteiger charge is -2.06. The summed E-state index contributed by atoms with van der Waals surface area (Å²) < 4.78 is 1.33. The molecular formula is C23H21N3O3S. The average Bonchev–Trinajstić information content (AvgIpc) is 3.26. The van der Waals surface area contributed by atoms with Gasteiger partial charge in [-0.15, -0.1) is 11.3 Å². The van der Waals surface area contributed by atoms with E-state index in [0.29, 0.717) is 32.7 Å². The molecule has 0 atom stereocenters. The van der Waals surface area contributed by atoms with Gasteiger partial charge in [0.2, 0.25) is 0 Å². The van der Waals surface area contributed by atoms with Crippen LogP contribution in [0.5, 0.6) is 0 Å². The third-order valence-corrected chi connectivity index (χ3v) is 6.19. The van der Waals surface area contributed by atoms with E-state index in [1.54, 1.807) is 13.8 Å². The van der Waals surface area contributed by atoms with Gasteiger partial charge in [0.1, 0.15) is 4.83 Å². The fourth-order valence-electron chi connectivity index (χ4n) is 3.82. The van der Waals surface area contributed by atoms with E-state index in [1.165, 1.54) is 29.2 Å². The molecule has 0 saturated heterocycles. The average molecular weight is 420 g/mol. The van der Waals surface area contributed by atoms with Crippen molar-refractivity contribution in [3.8, 4) is 11.1 Å². The number of carbonyl (C=O) groups is 2. The van der Waals surface area contributed by atoms with Crippen molar-refractivity contribution in [1.29, 1.82) is 0 Å². The smallest absolute Gasteiger partial charge is 0.263 e. The number of aromatic nitrogens is 3. The van der Waals surface area contributed by atoms with Gasteiger partial charge in [-0.05, 0) is 38.8 Å². The molecule has 1 N–H and O–H groups in total. The summed E-state index contributed by atoms with van der Waals surface area (Å²) >= 11 is 1.41. The number of hydrogen-bond acceptors (Lipinski definition) is 5. The number of fused-ring (bicyclic) bond motifs is 1. The summed E-state index contributed by atoms with van der Waals surface area (Å²) in [7, 11) is 0. The van der Waals surface area contributed by atoms with Crippen molar-refractivity contribution in [2.75, 3.05) is 0 Å². The van der Waals surface area contributed by atoms with Crippen LogP contribution < -0.4 is 5.56 Å². The van der Waals surface area contributed by atoms with Crippen molar-refractivity contribution in [2.45, 2.75) is 34.2 Å². The molecule has 0 amide bonds. The Balaban J connectivity index is 1.75. The highest BCUT2D eigenvalue weighted by atomic mass is 32.1. The number of aromatic amines is 1. The Kier molecular flexibility index (Phi) is 4.99. The second-order valence-corrected chi connectivity index (χ2v) is 8.34. The topological polar surface area (TPSA) is 84.8 Å². The third-order valence-electron chi connectivity index (χ3n) is 5.31. The van der Waals surface area contributed by atoms with Gasteiger partial charge in [-0.25, -0.2) is 4.98 Å². The molecule has 6 nitrogen and oxygen atoms in total. The summed E-state index contributed by atoms with van der Waals surface area (Å²) in [6.45, 7) is 6.84. The Bertz CT molecular complexity index is 1360. The molecule has 4 rings (SSSR count). The number of hydrogen-bond donors (Lipinski definition) is 1. The number of ketones is 2. The lowest BCUT2D eigenvalue weighted by Crippen LogP contribution is -2.25. The van der Waals surface area contributed by atoms with Gasteiger partial charge in [-0.1, -0.05) is 29.8 Å². The summed E-state index contributed by atoms with van der Waals surface area (Å²) in [6, 6.07) is 7.96. The molecule has 4 aromatic rings. The van der Waals surface area contributed by atoms with Crippen molar-refractivity contribution in [2.24, 2.45) is 0 Å². The largest absolute Gasteiger partial charge is 0.355 e. The van der Waals surface area contributed by atoms with Crippen LogP contribution >= 0.6 is 11.3 Å². The Morgan fingerprint density at radius 2 is 1.83 bits per heavy atom. The minimum absolute atomic E-state index is 0.0958. The zero-order valence-corrected chi connectivity index (χ0v) is 18.0. The van der Waals surface area contributed by atoms with E-state index < -0.39 is 0 Å². The number of H-pyrrole nitrogens is 1.